The highest BCUT2D eigenvalue weighted by Gasteiger charge is 2.22. The Labute approximate surface area is 116 Å². The molecular formula is C17H24O2. The van der Waals surface area contributed by atoms with Gasteiger partial charge in [0, 0.05) is 5.92 Å². The van der Waals surface area contributed by atoms with Crippen LogP contribution < -0.4 is 4.74 Å². The highest BCUT2D eigenvalue weighted by atomic mass is 16.5. The maximum atomic E-state index is 11.9. The topological polar surface area (TPSA) is 26.3 Å². The van der Waals surface area contributed by atoms with E-state index >= 15 is 0 Å². The van der Waals surface area contributed by atoms with Crippen LogP contribution in [0.1, 0.15) is 51.0 Å². The molecule has 0 atom stereocenters. The maximum absolute atomic E-state index is 11.9. The van der Waals surface area contributed by atoms with Crippen molar-refractivity contribution in [3.05, 3.63) is 29.8 Å². The first-order valence-corrected chi connectivity index (χ1v) is 7.54. The van der Waals surface area contributed by atoms with E-state index < -0.39 is 0 Å². The van der Waals surface area contributed by atoms with Crippen molar-refractivity contribution < 1.29 is 9.53 Å². The van der Waals surface area contributed by atoms with Crippen molar-refractivity contribution in [3.8, 4) is 5.75 Å². The Balaban J connectivity index is 1.77. The Morgan fingerprint density at radius 2 is 1.89 bits per heavy atom. The molecule has 0 spiro atoms. The van der Waals surface area contributed by atoms with E-state index in [2.05, 4.69) is 19.1 Å². The van der Waals surface area contributed by atoms with Gasteiger partial charge in [-0.3, -0.25) is 4.79 Å². The first-order chi connectivity index (χ1) is 9.29. The molecule has 1 aliphatic carbocycles. The lowest BCUT2D eigenvalue weighted by atomic mass is 10.0. The van der Waals surface area contributed by atoms with E-state index in [-0.39, 0.29) is 18.3 Å². The van der Waals surface area contributed by atoms with E-state index in [4.69, 9.17) is 4.74 Å². The fraction of sp³-hybridized carbons (Fsp3) is 0.588. The Bertz CT molecular complexity index is 388. The SMILES string of the molecule is CCCCc1ccc(OCC(=O)C2CCCC2)cc1. The largest absolute Gasteiger partial charge is 0.486 e. The molecule has 2 rings (SSSR count). The van der Waals surface area contributed by atoms with Crippen LogP contribution in [0.4, 0.5) is 0 Å². The molecule has 1 saturated carbocycles. The molecule has 1 aromatic rings. The molecule has 2 nitrogen and oxygen atoms in total. The minimum atomic E-state index is 0.235. The molecular weight excluding hydrogens is 236 g/mol. The van der Waals surface area contributed by atoms with Gasteiger partial charge in [-0.25, -0.2) is 0 Å². The van der Waals surface area contributed by atoms with Gasteiger partial charge in [0.1, 0.15) is 12.4 Å². The zero-order valence-electron chi connectivity index (χ0n) is 11.9. The van der Waals surface area contributed by atoms with Gasteiger partial charge in [-0.1, -0.05) is 38.3 Å². The van der Waals surface area contributed by atoms with Crippen LogP contribution in [0, 0.1) is 5.92 Å². The van der Waals surface area contributed by atoms with Crippen LogP contribution in [-0.2, 0) is 11.2 Å². The lowest BCUT2D eigenvalue weighted by Gasteiger charge is -2.10. The van der Waals surface area contributed by atoms with Crippen molar-refractivity contribution in [1.29, 1.82) is 0 Å². The number of carbonyl (C=O) groups is 1. The van der Waals surface area contributed by atoms with Crippen LogP contribution >= 0.6 is 0 Å². The van der Waals surface area contributed by atoms with Crippen molar-refractivity contribution in [2.45, 2.75) is 51.9 Å². The smallest absolute Gasteiger partial charge is 0.173 e. The fourth-order valence-corrected chi connectivity index (χ4v) is 2.65. The van der Waals surface area contributed by atoms with E-state index in [0.29, 0.717) is 0 Å². The number of hydrogen-bond donors (Lipinski definition) is 0. The molecule has 0 aliphatic heterocycles. The number of hydrogen-bond acceptors (Lipinski definition) is 2. The molecule has 0 amide bonds. The fourth-order valence-electron chi connectivity index (χ4n) is 2.65. The van der Waals surface area contributed by atoms with E-state index in [9.17, 15) is 4.79 Å². The number of benzene rings is 1. The first-order valence-electron chi connectivity index (χ1n) is 7.54. The van der Waals surface area contributed by atoms with Gasteiger partial charge in [-0.15, -0.1) is 0 Å². The Morgan fingerprint density at radius 1 is 1.21 bits per heavy atom. The molecule has 19 heavy (non-hydrogen) atoms. The average molecular weight is 260 g/mol. The number of unbranched alkanes of at least 4 members (excludes halogenated alkanes) is 1. The molecule has 0 bridgehead atoms. The molecule has 1 aromatic carbocycles. The summed E-state index contributed by atoms with van der Waals surface area (Å²) in [5.41, 5.74) is 1.34. The van der Waals surface area contributed by atoms with Crippen molar-refractivity contribution in [2.24, 2.45) is 5.92 Å². The molecule has 0 saturated heterocycles. The summed E-state index contributed by atoms with van der Waals surface area (Å²) in [5.74, 6) is 1.34. The molecule has 0 heterocycles. The molecule has 0 radical (unpaired) electrons. The lowest BCUT2D eigenvalue weighted by Crippen LogP contribution is -2.19. The first kappa shape index (κ1) is 14.1. The summed E-state index contributed by atoms with van der Waals surface area (Å²) in [6.45, 7) is 2.44. The Hall–Kier alpha value is -1.31. The summed E-state index contributed by atoms with van der Waals surface area (Å²) in [4.78, 5) is 11.9. The second-order valence-electron chi connectivity index (χ2n) is 5.48. The van der Waals surface area contributed by atoms with Gasteiger partial charge in [0.15, 0.2) is 5.78 Å². The second-order valence-corrected chi connectivity index (χ2v) is 5.48. The van der Waals surface area contributed by atoms with Crippen LogP contribution in [0.3, 0.4) is 0 Å². The minimum absolute atomic E-state index is 0.235. The summed E-state index contributed by atoms with van der Waals surface area (Å²) in [6.07, 6.45) is 8.06. The van der Waals surface area contributed by atoms with Crippen molar-refractivity contribution in [3.63, 3.8) is 0 Å². The number of Topliss-reactive ketones (excluding diaryl/α,β-unsaturated/α-hetero) is 1. The summed E-state index contributed by atoms with van der Waals surface area (Å²) < 4.78 is 5.59. The number of ketones is 1. The van der Waals surface area contributed by atoms with Gasteiger partial charge in [0.2, 0.25) is 0 Å². The van der Waals surface area contributed by atoms with Crippen LogP contribution in [0.15, 0.2) is 24.3 Å². The van der Waals surface area contributed by atoms with E-state index in [1.807, 2.05) is 12.1 Å². The van der Waals surface area contributed by atoms with E-state index in [0.717, 1.165) is 25.0 Å². The van der Waals surface area contributed by atoms with Gasteiger partial charge < -0.3 is 4.74 Å². The quantitative estimate of drug-likeness (QED) is 0.735. The summed E-state index contributed by atoms with van der Waals surface area (Å²) in [5, 5.41) is 0. The Morgan fingerprint density at radius 3 is 2.53 bits per heavy atom. The predicted octanol–water partition coefficient (Wildman–Crippen LogP) is 4.17. The monoisotopic (exact) mass is 260 g/mol. The van der Waals surface area contributed by atoms with Gasteiger partial charge in [-0.2, -0.15) is 0 Å². The van der Waals surface area contributed by atoms with Crippen LogP contribution in [0.5, 0.6) is 5.75 Å². The van der Waals surface area contributed by atoms with Gasteiger partial charge in [0.05, 0.1) is 0 Å². The van der Waals surface area contributed by atoms with E-state index in [1.54, 1.807) is 0 Å². The van der Waals surface area contributed by atoms with Gasteiger partial charge in [0.25, 0.3) is 0 Å². The van der Waals surface area contributed by atoms with Crippen LogP contribution in [0.2, 0.25) is 0 Å². The van der Waals surface area contributed by atoms with Crippen molar-refractivity contribution >= 4 is 5.78 Å². The average Bonchev–Trinajstić information content (AvgIpc) is 2.98. The molecule has 1 aliphatic rings. The predicted molar refractivity (Wildman–Crippen MR) is 77.5 cm³/mol. The standard InChI is InChI=1S/C17H24O2/c1-2-3-6-14-9-11-16(12-10-14)19-13-17(18)15-7-4-5-8-15/h9-12,15H,2-8,13H2,1H3. The number of carbonyl (C=O) groups excluding carboxylic acids is 1. The van der Waals surface area contributed by atoms with Crippen LogP contribution in [-0.4, -0.2) is 12.4 Å². The molecule has 104 valence electrons. The van der Waals surface area contributed by atoms with Crippen molar-refractivity contribution in [1.82, 2.24) is 0 Å². The van der Waals surface area contributed by atoms with E-state index in [1.165, 1.54) is 31.2 Å². The molecule has 1 fully saturated rings. The Kier molecular flexibility index (Phi) is 5.44. The molecule has 0 N–H and O–H groups in total. The zero-order chi connectivity index (χ0) is 13.5. The van der Waals surface area contributed by atoms with Gasteiger partial charge in [-0.05, 0) is 43.4 Å². The third-order valence-electron chi connectivity index (χ3n) is 3.93. The van der Waals surface area contributed by atoms with Gasteiger partial charge >= 0.3 is 0 Å². The summed E-state index contributed by atoms with van der Waals surface area (Å²) >= 11 is 0. The molecule has 2 heteroatoms. The normalized spacial score (nSPS) is 15.6. The third kappa shape index (κ3) is 4.38. The maximum Gasteiger partial charge on any atom is 0.173 e. The second kappa shape index (κ2) is 7.32. The minimum Gasteiger partial charge on any atom is -0.486 e. The zero-order valence-corrected chi connectivity index (χ0v) is 11.9. The third-order valence-corrected chi connectivity index (χ3v) is 3.93. The lowest BCUT2D eigenvalue weighted by molar-refractivity contribution is -0.124. The highest BCUT2D eigenvalue weighted by Crippen LogP contribution is 2.25. The number of ether oxygens (including phenoxy) is 1. The van der Waals surface area contributed by atoms with Crippen molar-refractivity contribution in [2.75, 3.05) is 6.61 Å². The molecule has 0 aromatic heterocycles. The summed E-state index contributed by atoms with van der Waals surface area (Å²) in [7, 11) is 0. The summed E-state index contributed by atoms with van der Waals surface area (Å²) in [6, 6.07) is 8.16. The number of rotatable bonds is 7. The highest BCUT2D eigenvalue weighted by molar-refractivity contribution is 5.82. The van der Waals surface area contributed by atoms with Crippen LogP contribution in [0.25, 0.3) is 0 Å². The molecule has 0 unspecified atom stereocenters. The number of aryl methyl sites for hydroxylation is 1.